The second kappa shape index (κ2) is 5.10. The van der Waals surface area contributed by atoms with Gasteiger partial charge in [0.1, 0.15) is 0 Å². The molecule has 0 unspecified atom stereocenters. The Morgan fingerprint density at radius 1 is 1.33 bits per heavy atom. The first-order valence-corrected chi connectivity index (χ1v) is 8.26. The Morgan fingerprint density at radius 2 is 2.10 bits per heavy atom. The van der Waals surface area contributed by atoms with E-state index < -0.39 is 0 Å². The summed E-state index contributed by atoms with van der Waals surface area (Å²) in [7, 11) is 2.01. The average Bonchev–Trinajstić information content (AvgIpc) is 2.78. The minimum absolute atomic E-state index is 0.220. The number of hydrogen-bond acceptors (Lipinski definition) is 6. The van der Waals surface area contributed by atoms with Crippen molar-refractivity contribution in [3.05, 3.63) is 10.4 Å². The van der Waals surface area contributed by atoms with Gasteiger partial charge in [-0.05, 0) is 30.2 Å². The third kappa shape index (κ3) is 2.36. The fourth-order valence-corrected chi connectivity index (χ4v) is 4.65. The molecule has 2 aromatic rings. The Balaban J connectivity index is 2.25. The molecule has 21 heavy (non-hydrogen) atoms. The zero-order chi connectivity index (χ0) is 15.2. The molecule has 0 radical (unpaired) electrons. The highest BCUT2D eigenvalue weighted by Crippen LogP contribution is 2.46. The lowest BCUT2D eigenvalue weighted by Crippen LogP contribution is -2.26. The lowest BCUT2D eigenvalue weighted by molar-refractivity contribution is 0.443. The van der Waals surface area contributed by atoms with Crippen LogP contribution in [0, 0.1) is 0 Å². The van der Waals surface area contributed by atoms with Crippen molar-refractivity contribution in [2.45, 2.75) is 38.5 Å². The van der Waals surface area contributed by atoms with Crippen molar-refractivity contribution in [3.8, 4) is 0 Å². The highest BCUT2D eigenvalue weighted by Gasteiger charge is 2.32. The Kier molecular flexibility index (Phi) is 3.53. The molecule has 0 spiro atoms. The van der Waals surface area contributed by atoms with Gasteiger partial charge in [-0.15, -0.1) is 11.3 Å². The predicted molar refractivity (Wildman–Crippen MR) is 90.1 cm³/mol. The number of nitrogens with zero attached hydrogens (tertiary/aromatic N) is 3. The molecule has 0 fully saturated rings. The maximum Gasteiger partial charge on any atom is 0.222 e. The van der Waals surface area contributed by atoms with Crippen molar-refractivity contribution in [1.82, 2.24) is 9.97 Å². The summed E-state index contributed by atoms with van der Waals surface area (Å²) in [4.78, 5) is 12.5. The number of aryl methyl sites for hydroxylation is 1. The SMILES string of the molecule is CN(CCN)c1nc(N)nc2c3c(sc12)C(C)(C)CCC3. The molecule has 0 aliphatic heterocycles. The highest BCUT2D eigenvalue weighted by atomic mass is 32.1. The Labute approximate surface area is 129 Å². The lowest BCUT2D eigenvalue weighted by Gasteiger charge is -2.29. The number of anilines is 2. The van der Waals surface area contributed by atoms with Gasteiger partial charge in [0.15, 0.2) is 5.82 Å². The van der Waals surface area contributed by atoms with Gasteiger partial charge >= 0.3 is 0 Å². The molecule has 0 aromatic carbocycles. The summed E-state index contributed by atoms with van der Waals surface area (Å²) < 4.78 is 1.15. The van der Waals surface area contributed by atoms with Crippen molar-refractivity contribution in [2.75, 3.05) is 30.8 Å². The second-order valence-corrected chi connectivity index (χ2v) is 7.46. The van der Waals surface area contributed by atoms with Gasteiger partial charge in [0.2, 0.25) is 5.95 Å². The standard InChI is InChI=1S/C15H23N5S/c1-15(2)6-4-5-9-10-11(21-12(9)15)13(19-14(17)18-10)20(3)8-7-16/h4-8,16H2,1-3H3,(H2,17,18,19). The van der Waals surface area contributed by atoms with Gasteiger partial charge in [0.05, 0.1) is 10.2 Å². The van der Waals surface area contributed by atoms with Gasteiger partial charge in [-0.2, -0.15) is 4.98 Å². The zero-order valence-electron chi connectivity index (χ0n) is 12.9. The van der Waals surface area contributed by atoms with E-state index in [0.29, 0.717) is 12.5 Å². The summed E-state index contributed by atoms with van der Waals surface area (Å²) in [6.45, 7) is 6.00. The summed E-state index contributed by atoms with van der Waals surface area (Å²) in [5.41, 5.74) is 14.3. The van der Waals surface area contributed by atoms with Gasteiger partial charge in [0, 0.05) is 25.0 Å². The number of nitrogens with two attached hydrogens (primary N) is 2. The van der Waals surface area contributed by atoms with Gasteiger partial charge in [-0.3, -0.25) is 0 Å². The molecule has 3 rings (SSSR count). The van der Waals surface area contributed by atoms with Crippen molar-refractivity contribution in [2.24, 2.45) is 5.73 Å². The van der Waals surface area contributed by atoms with Gasteiger partial charge in [0.25, 0.3) is 0 Å². The fourth-order valence-electron chi connectivity index (χ4n) is 3.18. The molecule has 1 aliphatic rings. The molecule has 4 N–H and O–H groups in total. The summed E-state index contributed by atoms with van der Waals surface area (Å²) in [5.74, 6) is 1.27. The summed E-state index contributed by atoms with van der Waals surface area (Å²) >= 11 is 1.83. The van der Waals surface area contributed by atoms with Gasteiger partial charge < -0.3 is 16.4 Å². The third-order valence-electron chi connectivity index (χ3n) is 4.30. The second-order valence-electron chi connectivity index (χ2n) is 6.44. The molecule has 5 nitrogen and oxygen atoms in total. The van der Waals surface area contributed by atoms with Gasteiger partial charge in [-0.1, -0.05) is 13.8 Å². The Bertz CT molecular complexity index is 676. The highest BCUT2D eigenvalue weighted by molar-refractivity contribution is 7.20. The Morgan fingerprint density at radius 3 is 2.81 bits per heavy atom. The van der Waals surface area contributed by atoms with Crippen LogP contribution in [0.5, 0.6) is 0 Å². The number of hydrogen-bond donors (Lipinski definition) is 2. The Hall–Kier alpha value is -1.40. The number of likely N-dealkylation sites (N-methyl/N-ethyl adjacent to an activating group) is 1. The van der Waals surface area contributed by atoms with E-state index in [-0.39, 0.29) is 5.41 Å². The molecule has 2 aromatic heterocycles. The van der Waals surface area contributed by atoms with Crippen LogP contribution in [0.1, 0.15) is 37.1 Å². The van der Waals surface area contributed by atoms with Crippen LogP contribution in [-0.2, 0) is 11.8 Å². The minimum atomic E-state index is 0.220. The molecule has 6 heteroatoms. The largest absolute Gasteiger partial charge is 0.368 e. The molecular formula is C15H23N5S. The van der Waals surface area contributed by atoms with Gasteiger partial charge in [-0.25, -0.2) is 4.98 Å². The van der Waals surface area contributed by atoms with Crippen molar-refractivity contribution in [1.29, 1.82) is 0 Å². The maximum atomic E-state index is 5.94. The smallest absolute Gasteiger partial charge is 0.222 e. The molecule has 0 saturated carbocycles. The van der Waals surface area contributed by atoms with Crippen molar-refractivity contribution >= 4 is 33.3 Å². The number of fused-ring (bicyclic) bond motifs is 3. The number of nitrogen functional groups attached to an aromatic ring is 1. The molecule has 0 saturated heterocycles. The number of aromatic nitrogens is 2. The van der Waals surface area contributed by atoms with Crippen LogP contribution in [-0.4, -0.2) is 30.1 Å². The molecule has 0 amide bonds. The third-order valence-corrected chi connectivity index (χ3v) is 5.88. The monoisotopic (exact) mass is 305 g/mol. The van der Waals surface area contributed by atoms with Crippen molar-refractivity contribution in [3.63, 3.8) is 0 Å². The average molecular weight is 305 g/mol. The first-order valence-electron chi connectivity index (χ1n) is 7.44. The lowest BCUT2D eigenvalue weighted by atomic mass is 9.78. The van der Waals surface area contributed by atoms with E-state index in [1.165, 1.54) is 23.3 Å². The first kappa shape index (κ1) is 14.5. The molecule has 0 atom stereocenters. The van der Waals surface area contributed by atoms with E-state index in [4.69, 9.17) is 11.5 Å². The van der Waals surface area contributed by atoms with E-state index in [2.05, 4.69) is 28.7 Å². The van der Waals surface area contributed by atoms with E-state index in [0.717, 1.165) is 29.0 Å². The van der Waals surface area contributed by atoms with E-state index in [1.54, 1.807) is 0 Å². The van der Waals surface area contributed by atoms with Crippen LogP contribution in [0.2, 0.25) is 0 Å². The topological polar surface area (TPSA) is 81.1 Å². The van der Waals surface area contributed by atoms with Crippen LogP contribution >= 0.6 is 11.3 Å². The number of thiophene rings is 1. The quantitative estimate of drug-likeness (QED) is 0.909. The number of rotatable bonds is 3. The van der Waals surface area contributed by atoms with Crippen LogP contribution in [0.25, 0.3) is 10.2 Å². The molecular weight excluding hydrogens is 282 g/mol. The molecule has 0 bridgehead atoms. The molecule has 1 aliphatic carbocycles. The van der Waals surface area contributed by atoms with Crippen LogP contribution in [0.4, 0.5) is 11.8 Å². The maximum absolute atomic E-state index is 5.94. The van der Waals surface area contributed by atoms with E-state index in [1.807, 2.05) is 18.4 Å². The van der Waals surface area contributed by atoms with Crippen molar-refractivity contribution < 1.29 is 0 Å². The van der Waals surface area contributed by atoms with Crippen LogP contribution in [0.15, 0.2) is 0 Å². The molecule has 114 valence electrons. The van der Waals surface area contributed by atoms with Crippen LogP contribution in [0.3, 0.4) is 0 Å². The normalized spacial score (nSPS) is 17.0. The summed E-state index contributed by atoms with van der Waals surface area (Å²) in [6, 6.07) is 0. The van der Waals surface area contributed by atoms with E-state index in [9.17, 15) is 0 Å². The zero-order valence-corrected chi connectivity index (χ0v) is 13.8. The summed E-state index contributed by atoms with van der Waals surface area (Å²) in [6.07, 6.45) is 3.53. The summed E-state index contributed by atoms with van der Waals surface area (Å²) in [5, 5.41) is 0. The minimum Gasteiger partial charge on any atom is -0.368 e. The molecule has 2 heterocycles. The fraction of sp³-hybridized carbons (Fsp3) is 0.600. The predicted octanol–water partition coefficient (Wildman–Crippen LogP) is 2.28. The van der Waals surface area contributed by atoms with E-state index >= 15 is 0 Å². The van der Waals surface area contributed by atoms with Crippen LogP contribution < -0.4 is 16.4 Å². The first-order chi connectivity index (χ1) is 9.94.